The minimum atomic E-state index is -0.151. The maximum Gasteiger partial charge on any atom is 0.255 e. The molecule has 620 valence electrons. The van der Waals surface area contributed by atoms with Crippen molar-refractivity contribution in [1.82, 2.24) is 151 Å². The number of aromatic nitrogens is 26. The molecule has 0 atom stereocenters. The molecule has 1 aliphatic rings. The minimum Gasteiger partial charge on any atom is -0.496 e. The van der Waals surface area contributed by atoms with E-state index >= 15 is 0 Å². The fourth-order valence-electron chi connectivity index (χ4n) is 14.9. The zero-order chi connectivity index (χ0) is 86.1. The van der Waals surface area contributed by atoms with Crippen LogP contribution in [0, 0.1) is 0 Å². The summed E-state index contributed by atoms with van der Waals surface area (Å²) >= 11 is 0. The van der Waals surface area contributed by atoms with E-state index in [4.69, 9.17) is 9.72 Å². The number of fused-ring (bicyclic) bond motifs is 11. The summed E-state index contributed by atoms with van der Waals surface area (Å²) in [7, 11) is 5.08. The van der Waals surface area contributed by atoms with Crippen LogP contribution in [0.2, 0.25) is 0 Å². The first kappa shape index (κ1) is 78.4. The van der Waals surface area contributed by atoms with Crippen LogP contribution in [0.1, 0.15) is 67.9 Å². The van der Waals surface area contributed by atoms with Crippen molar-refractivity contribution >= 4 is 134 Å². The van der Waals surface area contributed by atoms with E-state index < -0.39 is 0 Å². The van der Waals surface area contributed by atoms with Crippen molar-refractivity contribution < 1.29 is 23.9 Å². The molecule has 35 nitrogen and oxygen atoms in total. The Hall–Kier alpha value is -17.4. The molecule has 1 aliphatic heterocycles. The highest BCUT2D eigenvalue weighted by Gasteiger charge is 2.25. The van der Waals surface area contributed by atoms with Crippen LogP contribution in [0.25, 0.3) is 190 Å². The SMILES string of the molecule is CCN(CC)C(=O)c1cnc2n[nH]c(-c3nc4ccccc4[nH]3)c2c1.CCNC(=O)c1cncc(-c2cnc3n[nH]c(-c4nc5ccccc5[nH]4)c3c2)c1.CN(C)C(=O)c1cnc2n[nH]c(-c3nc4ccccc4[nH]3)c2c1.COc1ccccc1-c1ccc2c(-c3nc4ccccc4[nH]3)[nH]nc2n1.O=C1NCCc2nc3n[nH]c(-c4nc5ccccc5[nH]4)c3cc21. The summed E-state index contributed by atoms with van der Waals surface area (Å²) in [6.07, 6.45) is 8.83. The maximum absolute atomic E-state index is 12.6. The fourth-order valence-corrected chi connectivity index (χ4v) is 14.9. The number of hydrogen-bond donors (Lipinski definition) is 12. The number of aromatic amines is 10. The van der Waals surface area contributed by atoms with Crippen LogP contribution in [-0.4, -0.2) is 212 Å². The Morgan fingerprint density at radius 1 is 0.405 bits per heavy atom. The second-order valence-electron chi connectivity index (χ2n) is 29.4. The molecule has 0 aliphatic carbocycles. The number of carbonyl (C=O) groups is 4. The molecule has 17 heterocycles. The number of imidazole rings is 5. The molecule has 35 heteroatoms. The Morgan fingerprint density at radius 2 is 0.817 bits per heavy atom. The summed E-state index contributed by atoms with van der Waals surface area (Å²) in [5.74, 6) is 3.90. The van der Waals surface area contributed by atoms with Crippen molar-refractivity contribution in [3.8, 4) is 85.7 Å². The number of nitrogens with zero attached hydrogens (tertiary/aromatic N) is 18. The van der Waals surface area contributed by atoms with Gasteiger partial charge in [-0.25, -0.2) is 49.8 Å². The normalized spacial score (nSPS) is 11.8. The Labute approximate surface area is 712 Å². The van der Waals surface area contributed by atoms with E-state index in [1.165, 1.54) is 11.1 Å². The maximum atomic E-state index is 12.6. The van der Waals surface area contributed by atoms with Crippen LogP contribution in [-0.2, 0) is 6.42 Å². The van der Waals surface area contributed by atoms with Gasteiger partial charge in [0.15, 0.2) is 57.4 Å². The van der Waals surface area contributed by atoms with Crippen molar-refractivity contribution in [1.29, 1.82) is 0 Å². The van der Waals surface area contributed by atoms with Crippen LogP contribution in [0.5, 0.6) is 5.75 Å². The first-order valence-electron chi connectivity index (χ1n) is 40.4. The number of amides is 4. The van der Waals surface area contributed by atoms with Crippen LogP contribution < -0.4 is 15.4 Å². The Balaban J connectivity index is 0.000000103. The second-order valence-corrected chi connectivity index (χ2v) is 29.4. The van der Waals surface area contributed by atoms with Gasteiger partial charge in [-0.1, -0.05) is 72.8 Å². The minimum absolute atomic E-state index is 0.0313. The van der Waals surface area contributed by atoms with Crippen molar-refractivity contribution in [2.45, 2.75) is 27.2 Å². The number of hydrogen-bond acceptors (Lipinski definition) is 21. The van der Waals surface area contributed by atoms with Crippen molar-refractivity contribution in [2.75, 3.05) is 47.4 Å². The average Bonchev–Trinajstić information content (AvgIpc) is 1.67. The molecule has 6 aromatic carbocycles. The molecule has 23 rings (SSSR count). The smallest absolute Gasteiger partial charge is 0.255 e. The lowest BCUT2D eigenvalue weighted by Gasteiger charge is -2.18. The van der Waals surface area contributed by atoms with Gasteiger partial charge in [0.25, 0.3) is 23.6 Å². The molecule has 0 bridgehead atoms. The van der Waals surface area contributed by atoms with Gasteiger partial charge in [-0.3, -0.25) is 49.7 Å². The van der Waals surface area contributed by atoms with Gasteiger partial charge in [-0.05, 0) is 136 Å². The summed E-state index contributed by atoms with van der Waals surface area (Å²) in [5, 5.41) is 46.1. The van der Waals surface area contributed by atoms with Gasteiger partial charge in [0, 0.05) is 99.8 Å². The van der Waals surface area contributed by atoms with E-state index in [-0.39, 0.29) is 23.6 Å². The summed E-state index contributed by atoms with van der Waals surface area (Å²) in [6.45, 7) is 8.31. The first-order chi connectivity index (χ1) is 61.7. The first-order valence-corrected chi connectivity index (χ1v) is 40.4. The molecule has 0 spiro atoms. The topological polar surface area (TPSA) is 472 Å². The monoisotopic (exact) mass is 1670 g/mol. The van der Waals surface area contributed by atoms with Gasteiger partial charge < -0.3 is 50.1 Å². The molecule has 0 saturated carbocycles. The molecule has 0 saturated heterocycles. The predicted molar refractivity (Wildman–Crippen MR) is 479 cm³/mol. The number of nitrogens with one attached hydrogen (secondary N) is 12. The molecule has 4 amide bonds. The third-order valence-electron chi connectivity index (χ3n) is 21.3. The molecular weight excluding hydrogens is 1590 g/mol. The lowest BCUT2D eigenvalue weighted by Crippen LogP contribution is -2.32. The highest BCUT2D eigenvalue weighted by atomic mass is 16.5. The number of methoxy groups -OCH3 is 1. The number of carbonyl (C=O) groups excluding carboxylic acids is 4. The summed E-state index contributed by atoms with van der Waals surface area (Å²) < 4.78 is 5.44. The number of ether oxygens (including phenoxy) is 1. The molecule has 126 heavy (non-hydrogen) atoms. The van der Waals surface area contributed by atoms with Crippen molar-refractivity contribution in [3.63, 3.8) is 0 Å². The van der Waals surface area contributed by atoms with E-state index in [2.05, 4.69) is 136 Å². The average molecular weight is 1670 g/mol. The molecule has 16 aromatic heterocycles. The van der Waals surface area contributed by atoms with E-state index in [9.17, 15) is 19.2 Å². The number of pyridine rings is 6. The Bertz CT molecular complexity index is 7720. The van der Waals surface area contributed by atoms with E-state index in [1.807, 2.05) is 203 Å². The number of rotatable bonds is 14. The van der Waals surface area contributed by atoms with E-state index in [1.54, 1.807) is 57.0 Å². The number of H-pyrrole nitrogens is 10. The number of para-hydroxylation sites is 11. The molecule has 0 fully saturated rings. The van der Waals surface area contributed by atoms with Gasteiger partial charge >= 0.3 is 0 Å². The molecule has 22 aromatic rings. The standard InChI is InChI=1S/C21H17N7O.C20H15N5O.C18H18N6O.C16H12N6O.C16H14N6O/c1-2-23-21(29)14-7-12(9-22-10-14)13-8-15-18(27-28-19(15)24-11-13)20-25-16-5-3-4-6-17(16)26-20;1-26-17-9-5-2-6-12(17)14-11-10-13-18(24-25-19(13)21-14)20-22-15-7-3-4-8-16(15)23-20;1-3-24(4-2)18(25)11-9-12-15(22-23-16(12)19-10-11)17-20-13-7-5-6-8-14(13)21-17;23-16-8-7-9-13(15-19-11-3-1-2-4-12(11)20-15)21-22-14(9)18-10(8)5-6-17-16;1-22(2)16(23)9-7-10-13(20-21-14(10)17-8-9)15-18-11-5-3-4-6-12(11)19-15/h3-11H,2H2,1H3,(H,23,29)(H,25,26)(H,24,27,28);2-11H,1H3,(H,22,23)(H,21,24,25);5-10H,3-4H2,1-2H3,(H,20,21)(H,19,22,23);1-4,7H,5-6H2,(H,17,23)(H,19,20)(H,18,21,22);3-8H,1-2H3,(H,18,19)(H,17,20,21). The highest BCUT2D eigenvalue weighted by Crippen LogP contribution is 2.36. The third-order valence-corrected chi connectivity index (χ3v) is 21.3. The summed E-state index contributed by atoms with van der Waals surface area (Å²) in [4.78, 5) is 118. The lowest BCUT2D eigenvalue weighted by molar-refractivity contribution is 0.0771. The molecule has 0 radical (unpaired) electrons. The van der Waals surface area contributed by atoms with Gasteiger partial charge in [0.2, 0.25) is 0 Å². The van der Waals surface area contributed by atoms with E-state index in [0.717, 1.165) is 157 Å². The predicted octanol–water partition coefficient (Wildman–Crippen LogP) is 14.5. The van der Waals surface area contributed by atoms with Crippen LogP contribution >= 0.6 is 0 Å². The van der Waals surface area contributed by atoms with Gasteiger partial charge in [0.1, 0.15) is 34.2 Å². The van der Waals surface area contributed by atoms with E-state index in [0.29, 0.717) is 100.0 Å². The van der Waals surface area contributed by atoms with Gasteiger partial charge in [-0.2, -0.15) is 25.5 Å². The summed E-state index contributed by atoms with van der Waals surface area (Å²) in [5.41, 5.74) is 22.3. The van der Waals surface area contributed by atoms with Crippen molar-refractivity contribution in [2.24, 2.45) is 0 Å². The zero-order valence-corrected chi connectivity index (χ0v) is 68.4. The highest BCUT2D eigenvalue weighted by molar-refractivity contribution is 6.04. The Kier molecular flexibility index (Phi) is 21.0. The fraction of sp³-hybridized carbons (Fsp3) is 0.121. The summed E-state index contributed by atoms with van der Waals surface area (Å²) in [6, 6.07) is 60.2. The zero-order valence-electron chi connectivity index (χ0n) is 68.4. The van der Waals surface area contributed by atoms with Crippen LogP contribution in [0.15, 0.2) is 219 Å². The Morgan fingerprint density at radius 3 is 1.28 bits per heavy atom. The molecular formula is C91H76N30O5. The quantitative estimate of drug-likeness (QED) is 0.0481. The van der Waals surface area contributed by atoms with Gasteiger partial charge in [-0.15, -0.1) is 0 Å². The van der Waals surface area contributed by atoms with Crippen LogP contribution in [0.4, 0.5) is 0 Å². The number of benzene rings is 6. The third kappa shape index (κ3) is 15.3. The molecule has 0 unspecified atom stereocenters. The second kappa shape index (κ2) is 33.7. The molecule has 12 N–H and O–H groups in total. The largest absolute Gasteiger partial charge is 0.496 e. The van der Waals surface area contributed by atoms with Crippen LogP contribution in [0.3, 0.4) is 0 Å². The lowest BCUT2D eigenvalue weighted by atomic mass is 10.0. The van der Waals surface area contributed by atoms with Gasteiger partial charge in [0.05, 0.1) is 117 Å². The van der Waals surface area contributed by atoms with Crippen molar-refractivity contribution in [3.05, 3.63) is 247 Å².